The van der Waals surface area contributed by atoms with Crippen LogP contribution in [-0.2, 0) is 4.79 Å². The van der Waals surface area contributed by atoms with E-state index in [1.54, 1.807) is 11.0 Å². The number of likely N-dealkylation sites (tertiary alicyclic amines) is 1. The van der Waals surface area contributed by atoms with Gasteiger partial charge in [0.1, 0.15) is 0 Å². The minimum absolute atomic E-state index is 0.111. The second-order valence-corrected chi connectivity index (χ2v) is 4.94. The molecule has 0 bridgehead atoms. The zero-order valence-corrected chi connectivity index (χ0v) is 11.1. The summed E-state index contributed by atoms with van der Waals surface area (Å²) in [7, 11) is 0. The number of hydrogen-bond donors (Lipinski definition) is 2. The molecule has 0 spiro atoms. The van der Waals surface area contributed by atoms with Crippen LogP contribution in [0, 0.1) is 5.41 Å². The summed E-state index contributed by atoms with van der Waals surface area (Å²) in [5, 5.41) is 12.1. The van der Waals surface area contributed by atoms with Gasteiger partial charge in [-0.2, -0.15) is 0 Å². The number of nitrogens with zero attached hydrogens (tertiary/aromatic N) is 1. The van der Waals surface area contributed by atoms with Gasteiger partial charge in [-0.05, 0) is 26.2 Å². The number of carbonyl (C=O) groups is 2. The Morgan fingerprint density at radius 3 is 2.78 bits per heavy atom. The minimum Gasteiger partial charge on any atom is -0.481 e. The number of amides is 2. The van der Waals surface area contributed by atoms with Crippen molar-refractivity contribution in [2.24, 2.45) is 5.41 Å². The Morgan fingerprint density at radius 1 is 1.61 bits per heavy atom. The van der Waals surface area contributed by atoms with E-state index in [-0.39, 0.29) is 18.6 Å². The van der Waals surface area contributed by atoms with E-state index < -0.39 is 11.4 Å². The van der Waals surface area contributed by atoms with Gasteiger partial charge in [-0.1, -0.05) is 13.0 Å². The second-order valence-electron chi connectivity index (χ2n) is 4.94. The van der Waals surface area contributed by atoms with Gasteiger partial charge in [0.2, 0.25) is 0 Å². The summed E-state index contributed by atoms with van der Waals surface area (Å²) in [6, 6.07) is -0.318. The normalized spacial score (nSPS) is 25.3. The maximum Gasteiger partial charge on any atom is 0.317 e. The summed E-state index contributed by atoms with van der Waals surface area (Å²) in [4.78, 5) is 24.9. The molecule has 0 saturated carbocycles. The van der Waals surface area contributed by atoms with Crippen molar-refractivity contribution in [2.75, 3.05) is 13.1 Å². The highest BCUT2D eigenvalue weighted by Gasteiger charge is 2.42. The van der Waals surface area contributed by atoms with Crippen LogP contribution in [-0.4, -0.2) is 41.1 Å². The highest BCUT2D eigenvalue weighted by molar-refractivity contribution is 5.79. The summed E-state index contributed by atoms with van der Waals surface area (Å²) in [6.07, 6.45) is 3.56. The molecule has 0 aromatic rings. The molecule has 102 valence electrons. The van der Waals surface area contributed by atoms with Crippen molar-refractivity contribution >= 4 is 12.0 Å². The Hall–Kier alpha value is -1.52. The molecule has 2 unspecified atom stereocenters. The number of rotatable bonds is 4. The first-order valence-electron chi connectivity index (χ1n) is 6.36. The monoisotopic (exact) mass is 254 g/mol. The lowest BCUT2D eigenvalue weighted by atomic mass is 9.78. The third-order valence-corrected chi connectivity index (χ3v) is 3.70. The molecule has 1 heterocycles. The first kappa shape index (κ1) is 14.5. The molecule has 2 N–H and O–H groups in total. The van der Waals surface area contributed by atoms with Crippen molar-refractivity contribution in [3.8, 4) is 0 Å². The van der Waals surface area contributed by atoms with Gasteiger partial charge in [0, 0.05) is 19.1 Å². The van der Waals surface area contributed by atoms with Crippen LogP contribution in [0.15, 0.2) is 12.7 Å². The molecule has 5 heteroatoms. The number of urea groups is 1. The Balaban J connectivity index is 2.71. The maximum atomic E-state index is 12.0. The van der Waals surface area contributed by atoms with Gasteiger partial charge in [-0.15, -0.1) is 6.58 Å². The molecule has 5 nitrogen and oxygen atoms in total. The van der Waals surface area contributed by atoms with Gasteiger partial charge in [-0.25, -0.2) is 4.79 Å². The minimum atomic E-state index is -0.806. The molecule has 1 aliphatic heterocycles. The lowest BCUT2D eigenvalue weighted by molar-refractivity contribution is -0.152. The van der Waals surface area contributed by atoms with Gasteiger partial charge in [0.05, 0.1) is 5.41 Å². The van der Waals surface area contributed by atoms with Gasteiger partial charge >= 0.3 is 12.0 Å². The number of piperidine rings is 1. The highest BCUT2D eigenvalue weighted by atomic mass is 16.4. The average molecular weight is 254 g/mol. The molecular weight excluding hydrogens is 232 g/mol. The topological polar surface area (TPSA) is 69.6 Å². The fraction of sp³-hybridized carbons (Fsp3) is 0.692. The van der Waals surface area contributed by atoms with Crippen LogP contribution in [0.5, 0.6) is 0 Å². The predicted molar refractivity (Wildman–Crippen MR) is 69.4 cm³/mol. The smallest absolute Gasteiger partial charge is 0.317 e. The van der Waals surface area contributed by atoms with Crippen molar-refractivity contribution in [1.29, 1.82) is 0 Å². The zero-order valence-electron chi connectivity index (χ0n) is 11.1. The Bertz CT molecular complexity index is 343. The molecule has 1 aliphatic rings. The van der Waals surface area contributed by atoms with Crippen LogP contribution < -0.4 is 5.32 Å². The Labute approximate surface area is 108 Å². The largest absolute Gasteiger partial charge is 0.481 e. The first-order chi connectivity index (χ1) is 8.45. The van der Waals surface area contributed by atoms with E-state index in [2.05, 4.69) is 11.9 Å². The molecule has 1 rings (SSSR count). The molecule has 1 fully saturated rings. The number of carboxylic acid groups (broad SMARTS) is 1. The summed E-state index contributed by atoms with van der Waals surface area (Å²) in [5.74, 6) is -0.806. The number of aliphatic carboxylic acids is 1. The van der Waals surface area contributed by atoms with Gasteiger partial charge in [0.25, 0.3) is 0 Å². The van der Waals surface area contributed by atoms with Crippen LogP contribution in [0.2, 0.25) is 0 Å². The lowest BCUT2D eigenvalue weighted by Crippen LogP contribution is -2.53. The van der Waals surface area contributed by atoms with Crippen molar-refractivity contribution in [3.63, 3.8) is 0 Å². The van der Waals surface area contributed by atoms with E-state index in [0.717, 1.165) is 6.42 Å². The molecule has 0 aliphatic carbocycles. The third kappa shape index (κ3) is 3.03. The van der Waals surface area contributed by atoms with Crippen molar-refractivity contribution in [3.05, 3.63) is 12.7 Å². The maximum absolute atomic E-state index is 12.0. The average Bonchev–Trinajstić information content (AvgIpc) is 2.38. The molecule has 0 aromatic carbocycles. The number of nitrogens with one attached hydrogen (secondary N) is 1. The standard InChI is InChI=1S/C13H22N2O3/c1-4-10(3)14-12(18)15-8-6-7-13(5-2,9-15)11(16)17/h4,10H,1,5-9H2,2-3H3,(H,14,18)(H,16,17). The van der Waals surface area contributed by atoms with E-state index in [9.17, 15) is 14.7 Å². The van der Waals surface area contributed by atoms with Crippen LogP contribution in [0.4, 0.5) is 4.79 Å². The van der Waals surface area contributed by atoms with E-state index in [0.29, 0.717) is 19.4 Å². The summed E-state index contributed by atoms with van der Waals surface area (Å²) < 4.78 is 0. The van der Waals surface area contributed by atoms with Gasteiger partial charge < -0.3 is 15.3 Å². The molecule has 2 atom stereocenters. The van der Waals surface area contributed by atoms with E-state index >= 15 is 0 Å². The summed E-state index contributed by atoms with van der Waals surface area (Å²) >= 11 is 0. The zero-order chi connectivity index (χ0) is 13.8. The summed E-state index contributed by atoms with van der Waals surface area (Å²) in [6.45, 7) is 8.20. The molecule has 18 heavy (non-hydrogen) atoms. The van der Waals surface area contributed by atoms with Crippen LogP contribution >= 0.6 is 0 Å². The quantitative estimate of drug-likeness (QED) is 0.752. The number of hydrogen-bond acceptors (Lipinski definition) is 2. The predicted octanol–water partition coefficient (Wildman–Crippen LogP) is 1.85. The van der Waals surface area contributed by atoms with E-state index in [4.69, 9.17) is 0 Å². The van der Waals surface area contributed by atoms with Crippen LogP contribution in [0.3, 0.4) is 0 Å². The van der Waals surface area contributed by atoms with Crippen molar-refractivity contribution in [2.45, 2.75) is 39.2 Å². The number of carboxylic acids is 1. The highest BCUT2D eigenvalue weighted by Crippen LogP contribution is 2.33. The number of carbonyl (C=O) groups excluding carboxylic acids is 1. The summed E-state index contributed by atoms with van der Waals surface area (Å²) in [5.41, 5.74) is -0.785. The first-order valence-corrected chi connectivity index (χ1v) is 6.36. The lowest BCUT2D eigenvalue weighted by Gasteiger charge is -2.39. The third-order valence-electron chi connectivity index (χ3n) is 3.70. The molecule has 1 saturated heterocycles. The SMILES string of the molecule is C=CC(C)NC(=O)N1CCCC(CC)(C(=O)O)C1. The van der Waals surface area contributed by atoms with Crippen molar-refractivity contribution < 1.29 is 14.7 Å². The second kappa shape index (κ2) is 5.89. The van der Waals surface area contributed by atoms with E-state index in [1.807, 2.05) is 13.8 Å². The van der Waals surface area contributed by atoms with Gasteiger partial charge in [0.15, 0.2) is 0 Å². The van der Waals surface area contributed by atoms with Crippen LogP contribution in [0.25, 0.3) is 0 Å². The molecule has 0 radical (unpaired) electrons. The molecular formula is C13H22N2O3. The molecule has 2 amide bonds. The Kier molecular flexibility index (Phi) is 4.76. The van der Waals surface area contributed by atoms with E-state index in [1.165, 1.54) is 0 Å². The van der Waals surface area contributed by atoms with Crippen molar-refractivity contribution in [1.82, 2.24) is 10.2 Å². The Morgan fingerprint density at radius 2 is 2.28 bits per heavy atom. The molecule has 0 aromatic heterocycles. The fourth-order valence-corrected chi connectivity index (χ4v) is 2.26. The van der Waals surface area contributed by atoms with Crippen LogP contribution in [0.1, 0.15) is 33.1 Å². The van der Waals surface area contributed by atoms with Gasteiger partial charge in [-0.3, -0.25) is 4.79 Å². The fourth-order valence-electron chi connectivity index (χ4n) is 2.26.